The largest absolute Gasteiger partial charge is 0.481 e. The smallest absolute Gasteiger partial charge is 0.303 e. The first kappa shape index (κ1) is 13.8. The van der Waals surface area contributed by atoms with E-state index in [1.165, 1.54) is 0 Å². The molecule has 0 fully saturated rings. The van der Waals surface area contributed by atoms with Crippen molar-refractivity contribution in [3.63, 3.8) is 0 Å². The predicted octanol–water partition coefficient (Wildman–Crippen LogP) is 2.27. The Morgan fingerprint density at radius 1 is 1.53 bits per heavy atom. The first-order chi connectivity index (χ1) is 7.91. The molecule has 0 aliphatic rings. The summed E-state index contributed by atoms with van der Waals surface area (Å²) >= 11 is 6.05. The highest BCUT2D eigenvalue weighted by Crippen LogP contribution is 2.28. The zero-order valence-electron chi connectivity index (χ0n) is 9.98. The van der Waals surface area contributed by atoms with Crippen LogP contribution in [0.4, 0.5) is 5.69 Å². The molecule has 0 spiro atoms. The second-order valence-electron chi connectivity index (χ2n) is 4.14. The number of carbonyl (C=O) groups is 1. The lowest BCUT2D eigenvalue weighted by Crippen LogP contribution is -2.14. The van der Waals surface area contributed by atoms with Gasteiger partial charge in [0.2, 0.25) is 0 Å². The number of anilines is 1. The molecule has 1 atom stereocenters. The highest BCUT2D eigenvalue weighted by Gasteiger charge is 2.11. The Morgan fingerprint density at radius 2 is 2.18 bits per heavy atom. The highest BCUT2D eigenvalue weighted by molar-refractivity contribution is 6.33. The number of benzene rings is 1. The number of carboxylic acid groups (broad SMARTS) is 1. The Balaban J connectivity index is 2.84. The molecular formula is C12H17ClN2O2. The van der Waals surface area contributed by atoms with Crippen molar-refractivity contribution in [2.45, 2.75) is 18.9 Å². The minimum Gasteiger partial charge on any atom is -0.481 e. The fourth-order valence-electron chi connectivity index (χ4n) is 1.55. The molecule has 3 N–H and O–H groups in total. The van der Waals surface area contributed by atoms with Crippen molar-refractivity contribution in [3.8, 4) is 0 Å². The summed E-state index contributed by atoms with van der Waals surface area (Å²) in [5, 5.41) is 9.27. The number of rotatable bonds is 5. The third kappa shape index (κ3) is 3.91. The first-order valence-electron chi connectivity index (χ1n) is 5.36. The molecular weight excluding hydrogens is 240 g/mol. The lowest BCUT2D eigenvalue weighted by molar-refractivity contribution is -0.137. The lowest BCUT2D eigenvalue weighted by Gasteiger charge is -2.18. The SMILES string of the molecule is CN(C)c1cc(C(N)CCC(=O)O)ccc1Cl. The van der Waals surface area contributed by atoms with Crippen molar-refractivity contribution >= 4 is 23.3 Å². The van der Waals surface area contributed by atoms with E-state index in [1.54, 1.807) is 6.07 Å². The van der Waals surface area contributed by atoms with E-state index in [1.807, 2.05) is 31.1 Å². The number of nitrogens with zero attached hydrogens (tertiary/aromatic N) is 1. The maximum absolute atomic E-state index is 10.5. The lowest BCUT2D eigenvalue weighted by atomic mass is 10.0. The Bertz CT molecular complexity index is 407. The number of aliphatic carboxylic acids is 1. The molecule has 0 radical (unpaired) electrons. The number of hydrogen-bond donors (Lipinski definition) is 2. The van der Waals surface area contributed by atoms with Crippen LogP contribution in [0.5, 0.6) is 0 Å². The predicted molar refractivity (Wildman–Crippen MR) is 69.6 cm³/mol. The average Bonchev–Trinajstić information content (AvgIpc) is 2.26. The second-order valence-corrected chi connectivity index (χ2v) is 4.55. The number of hydrogen-bond acceptors (Lipinski definition) is 3. The van der Waals surface area contributed by atoms with Crippen molar-refractivity contribution in [2.75, 3.05) is 19.0 Å². The Morgan fingerprint density at radius 3 is 2.71 bits per heavy atom. The molecule has 0 amide bonds. The molecule has 0 bridgehead atoms. The summed E-state index contributed by atoms with van der Waals surface area (Å²) in [5.41, 5.74) is 7.72. The van der Waals surface area contributed by atoms with Gasteiger partial charge in [-0.25, -0.2) is 0 Å². The topological polar surface area (TPSA) is 66.6 Å². The van der Waals surface area contributed by atoms with E-state index in [9.17, 15) is 4.79 Å². The molecule has 1 rings (SSSR count). The number of carboxylic acids is 1. The van der Waals surface area contributed by atoms with E-state index in [0.29, 0.717) is 11.4 Å². The molecule has 0 aromatic heterocycles. The molecule has 0 aliphatic heterocycles. The zero-order valence-corrected chi connectivity index (χ0v) is 10.7. The molecule has 0 aliphatic carbocycles. The maximum Gasteiger partial charge on any atom is 0.303 e. The Hall–Kier alpha value is -1.26. The van der Waals surface area contributed by atoms with Crippen LogP contribution in [0.1, 0.15) is 24.4 Å². The van der Waals surface area contributed by atoms with E-state index in [4.69, 9.17) is 22.4 Å². The molecule has 1 aromatic carbocycles. The second kappa shape index (κ2) is 5.89. The van der Waals surface area contributed by atoms with E-state index < -0.39 is 5.97 Å². The van der Waals surface area contributed by atoms with Gasteiger partial charge in [-0.05, 0) is 24.1 Å². The highest BCUT2D eigenvalue weighted by atomic mass is 35.5. The molecule has 5 heteroatoms. The average molecular weight is 257 g/mol. The van der Waals surface area contributed by atoms with Crippen LogP contribution < -0.4 is 10.6 Å². The van der Waals surface area contributed by atoms with Gasteiger partial charge in [0.15, 0.2) is 0 Å². The van der Waals surface area contributed by atoms with Crippen molar-refractivity contribution in [2.24, 2.45) is 5.73 Å². The molecule has 94 valence electrons. The fourth-order valence-corrected chi connectivity index (χ4v) is 1.84. The van der Waals surface area contributed by atoms with Crippen LogP contribution in [-0.2, 0) is 4.79 Å². The van der Waals surface area contributed by atoms with Crippen LogP contribution in [0.25, 0.3) is 0 Å². The quantitative estimate of drug-likeness (QED) is 0.848. The normalized spacial score (nSPS) is 12.2. The molecule has 0 saturated heterocycles. The third-order valence-corrected chi connectivity index (χ3v) is 2.87. The summed E-state index contributed by atoms with van der Waals surface area (Å²) in [7, 11) is 3.79. The molecule has 0 saturated carbocycles. The fraction of sp³-hybridized carbons (Fsp3) is 0.417. The van der Waals surface area contributed by atoms with Crippen molar-refractivity contribution in [1.29, 1.82) is 0 Å². The van der Waals surface area contributed by atoms with Gasteiger partial charge < -0.3 is 15.7 Å². The van der Waals surface area contributed by atoms with Crippen molar-refractivity contribution < 1.29 is 9.90 Å². The van der Waals surface area contributed by atoms with Gasteiger partial charge in [-0.15, -0.1) is 0 Å². The van der Waals surface area contributed by atoms with Gasteiger partial charge in [-0.2, -0.15) is 0 Å². The van der Waals surface area contributed by atoms with Crippen LogP contribution in [-0.4, -0.2) is 25.2 Å². The summed E-state index contributed by atoms with van der Waals surface area (Å²) in [6, 6.07) is 5.24. The maximum atomic E-state index is 10.5. The number of nitrogens with two attached hydrogens (primary N) is 1. The van der Waals surface area contributed by atoms with Gasteiger partial charge in [-0.3, -0.25) is 4.79 Å². The summed E-state index contributed by atoms with van der Waals surface area (Å²) in [5.74, 6) is -0.831. The van der Waals surface area contributed by atoms with E-state index >= 15 is 0 Å². The Kier molecular flexibility index (Phi) is 4.78. The van der Waals surface area contributed by atoms with E-state index in [-0.39, 0.29) is 12.5 Å². The van der Waals surface area contributed by atoms with E-state index in [0.717, 1.165) is 11.3 Å². The van der Waals surface area contributed by atoms with Gasteiger partial charge in [0.25, 0.3) is 0 Å². The summed E-state index contributed by atoms with van der Waals surface area (Å²) in [6.07, 6.45) is 0.491. The first-order valence-corrected chi connectivity index (χ1v) is 5.73. The molecule has 4 nitrogen and oxygen atoms in total. The summed E-state index contributed by atoms with van der Waals surface area (Å²) < 4.78 is 0. The Labute approximate surface area is 106 Å². The standard InChI is InChI=1S/C12H17ClN2O2/c1-15(2)11-7-8(3-4-9(11)13)10(14)5-6-12(16)17/h3-4,7,10H,5-6,14H2,1-2H3,(H,16,17). The van der Waals surface area contributed by atoms with Gasteiger partial charge >= 0.3 is 5.97 Å². The third-order valence-electron chi connectivity index (χ3n) is 2.55. The number of halogens is 1. The van der Waals surface area contributed by atoms with Gasteiger partial charge in [0, 0.05) is 26.6 Å². The minimum absolute atomic E-state index is 0.0705. The molecule has 1 unspecified atom stereocenters. The van der Waals surface area contributed by atoms with Gasteiger partial charge in [0.1, 0.15) is 0 Å². The van der Waals surface area contributed by atoms with Crippen LogP contribution >= 0.6 is 11.6 Å². The van der Waals surface area contributed by atoms with Crippen LogP contribution in [0.15, 0.2) is 18.2 Å². The monoisotopic (exact) mass is 256 g/mol. The molecule has 17 heavy (non-hydrogen) atoms. The summed E-state index contributed by atoms with van der Waals surface area (Å²) in [6.45, 7) is 0. The zero-order chi connectivity index (χ0) is 13.0. The van der Waals surface area contributed by atoms with Crippen LogP contribution in [0.2, 0.25) is 5.02 Å². The van der Waals surface area contributed by atoms with Crippen molar-refractivity contribution in [3.05, 3.63) is 28.8 Å². The van der Waals surface area contributed by atoms with E-state index in [2.05, 4.69) is 0 Å². The van der Waals surface area contributed by atoms with Crippen LogP contribution in [0.3, 0.4) is 0 Å². The molecule has 1 aromatic rings. The summed E-state index contributed by atoms with van der Waals surface area (Å²) in [4.78, 5) is 12.4. The van der Waals surface area contributed by atoms with Crippen molar-refractivity contribution in [1.82, 2.24) is 0 Å². The minimum atomic E-state index is -0.831. The van der Waals surface area contributed by atoms with Crippen LogP contribution in [0, 0.1) is 0 Å². The van der Waals surface area contributed by atoms with Gasteiger partial charge in [-0.1, -0.05) is 17.7 Å². The molecule has 0 heterocycles. The van der Waals surface area contributed by atoms with Gasteiger partial charge in [0.05, 0.1) is 10.7 Å².